The van der Waals surface area contributed by atoms with Crippen molar-refractivity contribution < 1.29 is 0 Å². The molecule has 0 aliphatic heterocycles. The molecule has 0 bridgehead atoms. The normalized spacial score (nSPS) is 12.4. The largest absolute Gasteiger partial charge is 0.143 e. The van der Waals surface area contributed by atoms with Gasteiger partial charge in [-0.2, -0.15) is 0 Å². The standard InChI is InChI=1S/C31H28S/c1-4-20(2)28-19-30(32)29(17-21(28)3)22-13-15-23(16-14-22)31-26-11-7-5-9-24(26)18-25-10-6-8-12-27(25)31/h5-20,32H,4H2,1-3H3. The SMILES string of the molecule is CCC(C)c1cc(S)c(-c2ccc(-c3c4ccccc4cc4ccccc34)cc2)cc1C. The van der Waals surface area contributed by atoms with E-state index in [1.54, 1.807) is 0 Å². The van der Waals surface area contributed by atoms with Crippen molar-refractivity contribution in [3.8, 4) is 22.3 Å². The highest BCUT2D eigenvalue weighted by molar-refractivity contribution is 7.80. The number of aryl methyl sites for hydroxylation is 1. The molecule has 0 fully saturated rings. The summed E-state index contributed by atoms with van der Waals surface area (Å²) >= 11 is 4.85. The van der Waals surface area contributed by atoms with Crippen LogP contribution in [0.25, 0.3) is 43.8 Å². The Morgan fingerprint density at radius 3 is 1.88 bits per heavy atom. The predicted molar refractivity (Wildman–Crippen MR) is 143 cm³/mol. The monoisotopic (exact) mass is 432 g/mol. The van der Waals surface area contributed by atoms with Gasteiger partial charge in [-0.25, -0.2) is 0 Å². The third-order valence-corrected chi connectivity index (χ3v) is 7.15. The average Bonchev–Trinajstić information content (AvgIpc) is 2.83. The molecule has 5 aromatic rings. The van der Waals surface area contributed by atoms with Crippen LogP contribution < -0.4 is 0 Å². The van der Waals surface area contributed by atoms with Crippen molar-refractivity contribution in [1.29, 1.82) is 0 Å². The zero-order valence-electron chi connectivity index (χ0n) is 18.9. The first-order chi connectivity index (χ1) is 15.6. The summed E-state index contributed by atoms with van der Waals surface area (Å²) in [5.74, 6) is 0.553. The van der Waals surface area contributed by atoms with Crippen LogP contribution in [0.2, 0.25) is 0 Å². The van der Waals surface area contributed by atoms with Gasteiger partial charge in [0.15, 0.2) is 0 Å². The maximum absolute atomic E-state index is 4.85. The molecule has 5 rings (SSSR count). The molecule has 0 spiro atoms. The van der Waals surface area contributed by atoms with E-state index < -0.39 is 0 Å². The van der Waals surface area contributed by atoms with Gasteiger partial charge in [0, 0.05) is 4.90 Å². The van der Waals surface area contributed by atoms with Crippen molar-refractivity contribution in [3.05, 3.63) is 102 Å². The Balaban J connectivity index is 1.64. The lowest BCUT2D eigenvalue weighted by atomic mass is 9.89. The highest BCUT2D eigenvalue weighted by Gasteiger charge is 2.13. The Morgan fingerprint density at radius 2 is 1.28 bits per heavy atom. The van der Waals surface area contributed by atoms with Crippen molar-refractivity contribution in [3.63, 3.8) is 0 Å². The van der Waals surface area contributed by atoms with E-state index in [1.165, 1.54) is 54.9 Å². The van der Waals surface area contributed by atoms with E-state index in [1.807, 2.05) is 0 Å². The van der Waals surface area contributed by atoms with Crippen LogP contribution in [0.5, 0.6) is 0 Å². The van der Waals surface area contributed by atoms with Gasteiger partial charge in [-0.15, -0.1) is 12.6 Å². The van der Waals surface area contributed by atoms with E-state index in [0.29, 0.717) is 5.92 Å². The summed E-state index contributed by atoms with van der Waals surface area (Å²) in [6, 6.07) is 33.2. The van der Waals surface area contributed by atoms with Crippen LogP contribution in [0, 0.1) is 6.92 Å². The predicted octanol–water partition coefficient (Wildman–Crippen LogP) is 9.44. The first-order valence-corrected chi connectivity index (χ1v) is 11.9. The smallest absolute Gasteiger partial charge is 0.0122 e. The fourth-order valence-electron chi connectivity index (χ4n) is 4.84. The molecule has 0 aromatic heterocycles. The van der Waals surface area contributed by atoms with Crippen LogP contribution in [0.4, 0.5) is 0 Å². The van der Waals surface area contributed by atoms with E-state index in [9.17, 15) is 0 Å². The molecule has 1 atom stereocenters. The minimum absolute atomic E-state index is 0.553. The van der Waals surface area contributed by atoms with Gasteiger partial charge < -0.3 is 0 Å². The molecule has 0 nitrogen and oxygen atoms in total. The first kappa shape index (κ1) is 20.8. The molecular formula is C31H28S. The van der Waals surface area contributed by atoms with Crippen molar-refractivity contribution in [2.45, 2.75) is 38.0 Å². The molecule has 0 saturated heterocycles. The lowest BCUT2D eigenvalue weighted by Crippen LogP contribution is -1.96. The second-order valence-corrected chi connectivity index (χ2v) is 9.29. The molecule has 0 N–H and O–H groups in total. The topological polar surface area (TPSA) is 0 Å². The summed E-state index contributed by atoms with van der Waals surface area (Å²) < 4.78 is 0. The van der Waals surface area contributed by atoms with Crippen molar-refractivity contribution >= 4 is 34.2 Å². The van der Waals surface area contributed by atoms with Gasteiger partial charge in [0.05, 0.1) is 0 Å². The number of hydrogen-bond donors (Lipinski definition) is 1. The van der Waals surface area contributed by atoms with E-state index in [-0.39, 0.29) is 0 Å². The fraction of sp³-hybridized carbons (Fsp3) is 0.161. The Labute approximate surface area is 196 Å². The number of hydrogen-bond acceptors (Lipinski definition) is 1. The first-order valence-electron chi connectivity index (χ1n) is 11.4. The van der Waals surface area contributed by atoms with Gasteiger partial charge in [-0.3, -0.25) is 0 Å². The van der Waals surface area contributed by atoms with E-state index in [2.05, 4.69) is 112 Å². The molecule has 0 aliphatic carbocycles. The fourth-order valence-corrected chi connectivity index (χ4v) is 5.17. The third-order valence-electron chi connectivity index (χ3n) is 6.78. The van der Waals surface area contributed by atoms with Crippen molar-refractivity contribution in [2.24, 2.45) is 0 Å². The lowest BCUT2D eigenvalue weighted by molar-refractivity contribution is 0.726. The van der Waals surface area contributed by atoms with Gasteiger partial charge in [0.1, 0.15) is 0 Å². The summed E-state index contributed by atoms with van der Waals surface area (Å²) in [5, 5.41) is 5.14. The lowest BCUT2D eigenvalue weighted by Gasteiger charge is -2.17. The summed E-state index contributed by atoms with van der Waals surface area (Å²) in [6.07, 6.45) is 1.14. The molecule has 0 amide bonds. The molecule has 0 aliphatic rings. The summed E-state index contributed by atoms with van der Waals surface area (Å²) in [7, 11) is 0. The molecular weight excluding hydrogens is 404 g/mol. The Hall–Kier alpha value is -3.03. The Morgan fingerprint density at radius 1 is 0.719 bits per heavy atom. The minimum Gasteiger partial charge on any atom is -0.143 e. The minimum atomic E-state index is 0.553. The van der Waals surface area contributed by atoms with Gasteiger partial charge in [-0.05, 0) is 86.3 Å². The van der Waals surface area contributed by atoms with Gasteiger partial charge in [-0.1, -0.05) is 92.7 Å². The van der Waals surface area contributed by atoms with Crippen LogP contribution in [0.15, 0.2) is 95.9 Å². The van der Waals surface area contributed by atoms with Gasteiger partial charge >= 0.3 is 0 Å². The number of benzene rings is 5. The summed E-state index contributed by atoms with van der Waals surface area (Å²) in [5.41, 5.74) is 7.71. The maximum atomic E-state index is 4.85. The van der Waals surface area contributed by atoms with Crippen LogP contribution >= 0.6 is 12.6 Å². The maximum Gasteiger partial charge on any atom is 0.0122 e. The molecule has 0 radical (unpaired) electrons. The molecule has 0 saturated carbocycles. The second kappa shape index (κ2) is 8.48. The van der Waals surface area contributed by atoms with E-state index >= 15 is 0 Å². The van der Waals surface area contributed by atoms with E-state index in [0.717, 1.165) is 11.3 Å². The van der Waals surface area contributed by atoms with Crippen LogP contribution in [-0.2, 0) is 0 Å². The summed E-state index contributed by atoms with van der Waals surface area (Å²) in [6.45, 7) is 6.75. The molecule has 158 valence electrons. The molecule has 5 aromatic carbocycles. The molecule has 1 heteroatoms. The third kappa shape index (κ3) is 3.61. The van der Waals surface area contributed by atoms with Crippen LogP contribution in [-0.4, -0.2) is 0 Å². The number of thiol groups is 1. The summed E-state index contributed by atoms with van der Waals surface area (Å²) in [4.78, 5) is 1.05. The highest BCUT2D eigenvalue weighted by atomic mass is 32.1. The van der Waals surface area contributed by atoms with Crippen LogP contribution in [0.1, 0.15) is 37.3 Å². The zero-order chi connectivity index (χ0) is 22.2. The Bertz CT molecular complexity index is 1370. The quantitative estimate of drug-likeness (QED) is 0.212. The average molecular weight is 433 g/mol. The van der Waals surface area contributed by atoms with E-state index in [4.69, 9.17) is 12.6 Å². The zero-order valence-corrected chi connectivity index (χ0v) is 19.8. The Kier molecular flexibility index (Phi) is 5.53. The molecule has 32 heavy (non-hydrogen) atoms. The second-order valence-electron chi connectivity index (χ2n) is 8.81. The number of rotatable bonds is 4. The van der Waals surface area contributed by atoms with Crippen molar-refractivity contribution in [1.82, 2.24) is 0 Å². The number of fused-ring (bicyclic) bond motifs is 2. The molecule has 1 unspecified atom stereocenters. The molecule has 0 heterocycles. The highest BCUT2D eigenvalue weighted by Crippen LogP contribution is 2.38. The van der Waals surface area contributed by atoms with Crippen molar-refractivity contribution in [2.75, 3.05) is 0 Å². The van der Waals surface area contributed by atoms with Crippen LogP contribution in [0.3, 0.4) is 0 Å². The van der Waals surface area contributed by atoms with Gasteiger partial charge in [0.25, 0.3) is 0 Å². The van der Waals surface area contributed by atoms with Gasteiger partial charge in [0.2, 0.25) is 0 Å².